The molecule has 2 heterocycles. The predicted molar refractivity (Wildman–Crippen MR) is 76.1 cm³/mol. The van der Waals surface area contributed by atoms with E-state index < -0.39 is 0 Å². The normalized spacial score (nSPS) is 11.6. The molecule has 86 valence electrons. The van der Waals surface area contributed by atoms with E-state index in [-0.39, 0.29) is 0 Å². The van der Waals surface area contributed by atoms with Gasteiger partial charge in [-0.3, -0.25) is 0 Å². The number of aromatic amines is 1. The highest BCUT2D eigenvalue weighted by Crippen LogP contribution is 2.31. The van der Waals surface area contributed by atoms with E-state index in [2.05, 4.69) is 22.1 Å². The standard InChI is InChI=1S/C15H9ClN2/c16-10-5-6-13-12(7-10)14-11-4-2-1-3-9(11)8-17-15(14)18-13/h1-8H,(H,17,18). The molecule has 1 N–H and O–H groups in total. The number of rotatable bonds is 0. The van der Waals surface area contributed by atoms with Crippen LogP contribution in [0.5, 0.6) is 0 Å². The quantitative estimate of drug-likeness (QED) is 0.490. The molecule has 2 aromatic carbocycles. The Hall–Kier alpha value is -2.06. The highest BCUT2D eigenvalue weighted by Gasteiger charge is 2.09. The van der Waals surface area contributed by atoms with Crippen molar-refractivity contribution in [2.45, 2.75) is 0 Å². The third-order valence-corrected chi connectivity index (χ3v) is 3.54. The molecular weight excluding hydrogens is 244 g/mol. The third kappa shape index (κ3) is 1.27. The van der Waals surface area contributed by atoms with Gasteiger partial charge in [0, 0.05) is 32.9 Å². The Labute approximate surface area is 108 Å². The molecule has 0 unspecified atom stereocenters. The first-order chi connectivity index (χ1) is 8.83. The Morgan fingerprint density at radius 2 is 1.89 bits per heavy atom. The number of nitrogens with zero attached hydrogens (tertiary/aromatic N) is 1. The van der Waals surface area contributed by atoms with E-state index in [0.29, 0.717) is 0 Å². The number of aromatic nitrogens is 2. The predicted octanol–water partition coefficient (Wildman–Crippen LogP) is 4.52. The van der Waals surface area contributed by atoms with Crippen LogP contribution < -0.4 is 0 Å². The van der Waals surface area contributed by atoms with Gasteiger partial charge in [-0.05, 0) is 23.6 Å². The second kappa shape index (κ2) is 3.47. The first-order valence-electron chi connectivity index (χ1n) is 5.77. The number of hydrogen-bond donors (Lipinski definition) is 1. The fourth-order valence-corrected chi connectivity index (χ4v) is 2.66. The fraction of sp³-hybridized carbons (Fsp3) is 0. The van der Waals surface area contributed by atoms with Crippen LogP contribution in [0.3, 0.4) is 0 Å². The SMILES string of the molecule is Clc1ccc2[nH]c3ncc4ccccc4c3c2c1. The Bertz CT molecular complexity index is 893. The van der Waals surface area contributed by atoms with Crippen molar-refractivity contribution in [3.05, 3.63) is 53.7 Å². The Kier molecular flexibility index (Phi) is 1.91. The van der Waals surface area contributed by atoms with Gasteiger partial charge in [-0.1, -0.05) is 35.9 Å². The average Bonchev–Trinajstić information content (AvgIpc) is 2.77. The maximum Gasteiger partial charge on any atom is 0.138 e. The minimum absolute atomic E-state index is 0.747. The number of halogens is 1. The molecule has 0 radical (unpaired) electrons. The van der Waals surface area contributed by atoms with Crippen LogP contribution in [0.15, 0.2) is 48.7 Å². The smallest absolute Gasteiger partial charge is 0.138 e. The average molecular weight is 253 g/mol. The van der Waals surface area contributed by atoms with Gasteiger partial charge in [0.1, 0.15) is 5.65 Å². The summed E-state index contributed by atoms with van der Waals surface area (Å²) in [6, 6.07) is 14.1. The number of fused-ring (bicyclic) bond motifs is 5. The summed E-state index contributed by atoms with van der Waals surface area (Å²) in [7, 11) is 0. The molecule has 0 atom stereocenters. The van der Waals surface area contributed by atoms with E-state index in [0.717, 1.165) is 32.3 Å². The lowest BCUT2D eigenvalue weighted by Crippen LogP contribution is -1.78. The zero-order chi connectivity index (χ0) is 12.1. The summed E-state index contributed by atoms with van der Waals surface area (Å²) in [4.78, 5) is 7.81. The lowest BCUT2D eigenvalue weighted by atomic mass is 10.1. The number of H-pyrrole nitrogens is 1. The van der Waals surface area contributed by atoms with Gasteiger partial charge in [-0.15, -0.1) is 0 Å². The van der Waals surface area contributed by atoms with E-state index >= 15 is 0 Å². The maximum atomic E-state index is 6.09. The summed E-state index contributed by atoms with van der Waals surface area (Å²) in [6.07, 6.45) is 1.90. The first-order valence-corrected chi connectivity index (χ1v) is 6.15. The number of nitrogens with one attached hydrogen (secondary N) is 1. The van der Waals surface area contributed by atoms with Gasteiger partial charge < -0.3 is 4.98 Å². The molecule has 3 heteroatoms. The summed E-state index contributed by atoms with van der Waals surface area (Å²) in [5.74, 6) is 0. The van der Waals surface area contributed by atoms with E-state index in [1.165, 1.54) is 5.39 Å². The summed E-state index contributed by atoms with van der Waals surface area (Å²) >= 11 is 6.09. The number of hydrogen-bond acceptors (Lipinski definition) is 1. The molecule has 0 aliphatic heterocycles. The zero-order valence-electron chi connectivity index (χ0n) is 9.44. The Morgan fingerprint density at radius 1 is 1.00 bits per heavy atom. The van der Waals surface area contributed by atoms with E-state index in [1.54, 1.807) is 0 Å². The minimum atomic E-state index is 0.747. The van der Waals surface area contributed by atoms with Gasteiger partial charge in [0.05, 0.1) is 0 Å². The molecule has 0 bridgehead atoms. The summed E-state index contributed by atoms with van der Waals surface area (Å²) in [5.41, 5.74) is 1.98. The van der Waals surface area contributed by atoms with E-state index in [9.17, 15) is 0 Å². The van der Waals surface area contributed by atoms with Crippen LogP contribution in [0, 0.1) is 0 Å². The van der Waals surface area contributed by atoms with Gasteiger partial charge in [0.2, 0.25) is 0 Å². The summed E-state index contributed by atoms with van der Waals surface area (Å²) in [5, 5.41) is 5.37. The first kappa shape index (κ1) is 9.92. The van der Waals surface area contributed by atoms with Crippen molar-refractivity contribution in [2.75, 3.05) is 0 Å². The van der Waals surface area contributed by atoms with E-state index in [4.69, 9.17) is 11.6 Å². The van der Waals surface area contributed by atoms with Crippen LogP contribution >= 0.6 is 11.6 Å². The lowest BCUT2D eigenvalue weighted by molar-refractivity contribution is 1.37. The molecule has 0 aliphatic carbocycles. The molecule has 0 aliphatic rings. The maximum absolute atomic E-state index is 6.09. The van der Waals surface area contributed by atoms with Gasteiger partial charge >= 0.3 is 0 Å². The van der Waals surface area contributed by atoms with Crippen LogP contribution in [0.2, 0.25) is 5.02 Å². The molecule has 0 fully saturated rings. The molecule has 2 aromatic heterocycles. The molecular formula is C15H9ClN2. The highest BCUT2D eigenvalue weighted by molar-refractivity contribution is 6.32. The molecule has 0 spiro atoms. The van der Waals surface area contributed by atoms with Gasteiger partial charge in [-0.2, -0.15) is 0 Å². The second-order valence-electron chi connectivity index (χ2n) is 4.38. The van der Waals surface area contributed by atoms with Crippen LogP contribution in [-0.4, -0.2) is 9.97 Å². The molecule has 4 rings (SSSR count). The summed E-state index contributed by atoms with van der Waals surface area (Å²) in [6.45, 7) is 0. The number of benzene rings is 2. The van der Waals surface area contributed by atoms with Crippen molar-refractivity contribution in [1.29, 1.82) is 0 Å². The van der Waals surface area contributed by atoms with Crippen molar-refractivity contribution in [3.63, 3.8) is 0 Å². The lowest BCUT2D eigenvalue weighted by Gasteiger charge is -1.99. The Morgan fingerprint density at radius 3 is 2.83 bits per heavy atom. The zero-order valence-corrected chi connectivity index (χ0v) is 10.2. The third-order valence-electron chi connectivity index (χ3n) is 3.30. The topological polar surface area (TPSA) is 28.7 Å². The van der Waals surface area contributed by atoms with Crippen LogP contribution in [0.4, 0.5) is 0 Å². The largest absolute Gasteiger partial charge is 0.339 e. The van der Waals surface area contributed by atoms with Crippen molar-refractivity contribution in [2.24, 2.45) is 0 Å². The van der Waals surface area contributed by atoms with Gasteiger partial charge in [0.25, 0.3) is 0 Å². The molecule has 0 saturated carbocycles. The Balaban J connectivity index is 2.35. The van der Waals surface area contributed by atoms with Crippen molar-refractivity contribution in [1.82, 2.24) is 9.97 Å². The van der Waals surface area contributed by atoms with E-state index in [1.807, 2.05) is 36.5 Å². The minimum Gasteiger partial charge on any atom is -0.339 e. The van der Waals surface area contributed by atoms with Crippen LogP contribution in [0.1, 0.15) is 0 Å². The molecule has 0 saturated heterocycles. The van der Waals surface area contributed by atoms with Crippen molar-refractivity contribution in [3.8, 4) is 0 Å². The molecule has 0 amide bonds. The highest BCUT2D eigenvalue weighted by atomic mass is 35.5. The molecule has 2 nitrogen and oxygen atoms in total. The number of pyridine rings is 1. The van der Waals surface area contributed by atoms with Crippen molar-refractivity contribution >= 4 is 44.3 Å². The second-order valence-corrected chi connectivity index (χ2v) is 4.82. The monoisotopic (exact) mass is 252 g/mol. The summed E-state index contributed by atoms with van der Waals surface area (Å²) < 4.78 is 0. The van der Waals surface area contributed by atoms with Crippen LogP contribution in [0.25, 0.3) is 32.7 Å². The van der Waals surface area contributed by atoms with Gasteiger partial charge in [0.15, 0.2) is 0 Å². The molecule has 4 aromatic rings. The fourth-order valence-electron chi connectivity index (χ4n) is 2.49. The van der Waals surface area contributed by atoms with Crippen LogP contribution in [-0.2, 0) is 0 Å². The molecule has 18 heavy (non-hydrogen) atoms. The van der Waals surface area contributed by atoms with Crippen molar-refractivity contribution < 1.29 is 0 Å². The van der Waals surface area contributed by atoms with Gasteiger partial charge in [-0.25, -0.2) is 4.98 Å².